The van der Waals surface area contributed by atoms with Crippen LogP contribution in [0.5, 0.6) is 5.75 Å². The summed E-state index contributed by atoms with van der Waals surface area (Å²) in [5.74, 6) is 2.05. The summed E-state index contributed by atoms with van der Waals surface area (Å²) >= 11 is 0. The van der Waals surface area contributed by atoms with Crippen molar-refractivity contribution in [3.63, 3.8) is 0 Å². The molecule has 1 aliphatic heterocycles. The molecule has 148 valence electrons. The number of pyridine rings is 1. The monoisotopic (exact) mass is 383 g/mol. The van der Waals surface area contributed by atoms with E-state index in [4.69, 9.17) is 19.4 Å². The van der Waals surface area contributed by atoms with Gasteiger partial charge in [0.1, 0.15) is 17.3 Å². The summed E-state index contributed by atoms with van der Waals surface area (Å²) < 4.78 is 10.6. The third-order valence-corrected chi connectivity index (χ3v) is 5.14. The molecule has 1 atom stereocenters. The lowest BCUT2D eigenvalue weighted by atomic mass is 10.2. The van der Waals surface area contributed by atoms with E-state index in [1.54, 1.807) is 19.4 Å². The fourth-order valence-corrected chi connectivity index (χ4v) is 3.72. The number of aryl methyl sites for hydroxylation is 1. The highest BCUT2D eigenvalue weighted by Gasteiger charge is 2.24. The summed E-state index contributed by atoms with van der Waals surface area (Å²) in [5, 5.41) is 3.03. The third kappa shape index (κ3) is 3.91. The van der Waals surface area contributed by atoms with Gasteiger partial charge in [0.05, 0.1) is 26.3 Å². The molecule has 0 saturated carbocycles. The quantitative estimate of drug-likeness (QED) is 0.806. The Balaban J connectivity index is 1.58. The number of fused-ring (bicyclic) bond motifs is 1. The fraction of sp³-hybridized carbons (Fsp3) is 0.500. The van der Waals surface area contributed by atoms with Crippen LogP contribution in [0.4, 0.5) is 5.82 Å². The van der Waals surface area contributed by atoms with Crippen molar-refractivity contribution in [1.29, 1.82) is 0 Å². The second-order valence-corrected chi connectivity index (χ2v) is 7.21. The average Bonchev–Trinajstić information content (AvgIpc) is 3.38. The summed E-state index contributed by atoms with van der Waals surface area (Å²) in [4.78, 5) is 28.2. The Hall–Kier alpha value is -2.74. The first-order valence-electron chi connectivity index (χ1n) is 9.62. The highest BCUT2D eigenvalue weighted by atomic mass is 16.5. The minimum atomic E-state index is -0.0237. The zero-order valence-corrected chi connectivity index (χ0v) is 16.3. The maximum absolute atomic E-state index is 12.4. The Morgan fingerprint density at radius 2 is 2.29 bits per heavy atom. The van der Waals surface area contributed by atoms with E-state index in [1.165, 1.54) is 0 Å². The van der Waals surface area contributed by atoms with Crippen LogP contribution in [0.25, 0.3) is 11.5 Å². The number of nitrogens with one attached hydrogen (secondary N) is 1. The lowest BCUT2D eigenvalue weighted by Crippen LogP contribution is -2.41. The Kier molecular flexibility index (Phi) is 5.38. The summed E-state index contributed by atoms with van der Waals surface area (Å²) in [7, 11) is 3.52. The largest absolute Gasteiger partial charge is 0.497 e. The molecule has 0 aromatic carbocycles. The molecule has 3 heterocycles. The van der Waals surface area contributed by atoms with Gasteiger partial charge >= 0.3 is 0 Å². The minimum absolute atomic E-state index is 0.0237. The molecular weight excluding hydrogens is 358 g/mol. The Morgan fingerprint density at radius 3 is 3.07 bits per heavy atom. The van der Waals surface area contributed by atoms with E-state index in [9.17, 15) is 4.79 Å². The topological polar surface area (TPSA) is 89.5 Å². The van der Waals surface area contributed by atoms with Crippen LogP contribution in [-0.4, -0.2) is 60.8 Å². The van der Waals surface area contributed by atoms with Crippen molar-refractivity contribution in [3.8, 4) is 17.3 Å². The molecule has 0 bridgehead atoms. The number of methoxy groups -OCH3 is 1. The molecule has 2 aromatic rings. The number of anilines is 1. The molecule has 1 saturated heterocycles. The first kappa shape index (κ1) is 18.6. The van der Waals surface area contributed by atoms with Gasteiger partial charge in [-0.05, 0) is 31.7 Å². The molecule has 0 spiro atoms. The molecule has 1 aliphatic carbocycles. The standard InChI is InChI=1S/C20H25N5O3/c1-25(11-18(26)22-13-7-9-28-12-13)20-15-4-3-5-16(15)23-19(24-20)17-10-14(27-2)6-8-21-17/h6,8,10,13H,3-5,7,9,11-12H2,1-2H3,(H,22,26). The highest BCUT2D eigenvalue weighted by Crippen LogP contribution is 2.31. The third-order valence-electron chi connectivity index (χ3n) is 5.14. The van der Waals surface area contributed by atoms with Gasteiger partial charge in [0.15, 0.2) is 5.82 Å². The van der Waals surface area contributed by atoms with Crippen molar-refractivity contribution in [2.24, 2.45) is 0 Å². The van der Waals surface area contributed by atoms with Gasteiger partial charge in [-0.15, -0.1) is 0 Å². The number of ether oxygens (including phenoxy) is 2. The Bertz CT molecular complexity index is 867. The first-order valence-corrected chi connectivity index (χ1v) is 9.62. The predicted octanol–water partition coefficient (Wildman–Crippen LogP) is 1.38. The molecule has 4 rings (SSSR count). The number of nitrogens with zero attached hydrogens (tertiary/aromatic N) is 4. The molecule has 2 aliphatic rings. The molecule has 28 heavy (non-hydrogen) atoms. The van der Waals surface area contributed by atoms with E-state index in [2.05, 4.69) is 10.3 Å². The smallest absolute Gasteiger partial charge is 0.239 e. The summed E-state index contributed by atoms with van der Waals surface area (Å²) in [6.07, 6.45) is 5.45. The number of hydrogen-bond acceptors (Lipinski definition) is 7. The molecule has 1 unspecified atom stereocenters. The van der Waals surface area contributed by atoms with E-state index in [1.807, 2.05) is 18.0 Å². The maximum atomic E-state index is 12.4. The molecule has 8 nitrogen and oxygen atoms in total. The van der Waals surface area contributed by atoms with Crippen molar-refractivity contribution in [2.45, 2.75) is 31.7 Å². The predicted molar refractivity (Wildman–Crippen MR) is 104 cm³/mol. The normalized spacial score (nSPS) is 18.0. The summed E-state index contributed by atoms with van der Waals surface area (Å²) in [5.41, 5.74) is 2.84. The zero-order valence-electron chi connectivity index (χ0n) is 16.3. The van der Waals surface area contributed by atoms with Gasteiger partial charge in [0, 0.05) is 37.2 Å². The van der Waals surface area contributed by atoms with Gasteiger partial charge in [-0.25, -0.2) is 9.97 Å². The lowest BCUT2D eigenvalue weighted by Gasteiger charge is -2.22. The van der Waals surface area contributed by atoms with Crippen LogP contribution in [0.3, 0.4) is 0 Å². The van der Waals surface area contributed by atoms with Gasteiger partial charge in [-0.3, -0.25) is 9.78 Å². The average molecular weight is 383 g/mol. The van der Waals surface area contributed by atoms with Crippen LogP contribution in [0, 0.1) is 0 Å². The van der Waals surface area contributed by atoms with Gasteiger partial charge in [-0.2, -0.15) is 0 Å². The van der Waals surface area contributed by atoms with Crippen LogP contribution in [0.1, 0.15) is 24.1 Å². The molecular formula is C20H25N5O3. The number of carbonyl (C=O) groups excluding carboxylic acids is 1. The van der Waals surface area contributed by atoms with Crippen molar-refractivity contribution in [2.75, 3.05) is 38.8 Å². The molecule has 8 heteroatoms. The van der Waals surface area contributed by atoms with Crippen molar-refractivity contribution >= 4 is 11.7 Å². The van der Waals surface area contributed by atoms with Crippen LogP contribution in [-0.2, 0) is 22.4 Å². The van der Waals surface area contributed by atoms with Crippen LogP contribution < -0.4 is 15.0 Å². The Labute approximate surface area is 164 Å². The maximum Gasteiger partial charge on any atom is 0.239 e. The minimum Gasteiger partial charge on any atom is -0.497 e. The van der Waals surface area contributed by atoms with E-state index < -0.39 is 0 Å². The van der Waals surface area contributed by atoms with Crippen LogP contribution in [0.2, 0.25) is 0 Å². The van der Waals surface area contributed by atoms with E-state index in [0.717, 1.165) is 42.8 Å². The van der Waals surface area contributed by atoms with Crippen molar-refractivity contribution < 1.29 is 14.3 Å². The SMILES string of the molecule is COc1ccnc(-c2nc3c(c(N(C)CC(=O)NC4CCOC4)n2)CCC3)c1. The van der Waals surface area contributed by atoms with Gasteiger partial charge in [-0.1, -0.05) is 0 Å². The number of hydrogen-bond donors (Lipinski definition) is 1. The number of aromatic nitrogens is 3. The van der Waals surface area contributed by atoms with E-state index in [-0.39, 0.29) is 18.5 Å². The van der Waals surface area contributed by atoms with Crippen molar-refractivity contribution in [3.05, 3.63) is 29.6 Å². The zero-order chi connectivity index (χ0) is 19.5. The second-order valence-electron chi connectivity index (χ2n) is 7.21. The van der Waals surface area contributed by atoms with Gasteiger partial charge in [0.25, 0.3) is 0 Å². The Morgan fingerprint density at radius 1 is 1.39 bits per heavy atom. The first-order chi connectivity index (χ1) is 13.6. The molecule has 1 fully saturated rings. The van der Waals surface area contributed by atoms with Crippen LogP contribution in [0.15, 0.2) is 18.3 Å². The van der Waals surface area contributed by atoms with Gasteiger partial charge in [0.2, 0.25) is 5.91 Å². The fourth-order valence-electron chi connectivity index (χ4n) is 3.72. The summed E-state index contributed by atoms with van der Waals surface area (Å²) in [6.45, 7) is 1.53. The van der Waals surface area contributed by atoms with E-state index in [0.29, 0.717) is 30.5 Å². The molecule has 1 amide bonds. The van der Waals surface area contributed by atoms with Gasteiger partial charge < -0.3 is 19.7 Å². The molecule has 0 radical (unpaired) electrons. The lowest BCUT2D eigenvalue weighted by molar-refractivity contribution is -0.120. The van der Waals surface area contributed by atoms with E-state index >= 15 is 0 Å². The van der Waals surface area contributed by atoms with Crippen molar-refractivity contribution in [1.82, 2.24) is 20.3 Å². The molecule has 1 N–H and O–H groups in total. The number of amides is 1. The number of likely N-dealkylation sites (N-methyl/N-ethyl adjacent to an activating group) is 1. The number of carbonyl (C=O) groups is 1. The van der Waals surface area contributed by atoms with Crippen LogP contribution >= 0.6 is 0 Å². The molecule has 2 aromatic heterocycles. The summed E-state index contributed by atoms with van der Waals surface area (Å²) in [6, 6.07) is 3.72. The second kappa shape index (κ2) is 8.10. The number of rotatable bonds is 6. The highest BCUT2D eigenvalue weighted by molar-refractivity contribution is 5.81.